The molecule has 0 radical (unpaired) electrons. The van der Waals surface area contributed by atoms with Crippen molar-refractivity contribution in [1.29, 1.82) is 0 Å². The van der Waals surface area contributed by atoms with Crippen LogP contribution in [0.2, 0.25) is 5.02 Å². The number of halogens is 1. The molecule has 0 aromatic heterocycles. The highest BCUT2D eigenvalue weighted by molar-refractivity contribution is 6.32. The van der Waals surface area contributed by atoms with E-state index in [1.54, 1.807) is 0 Å². The SMILES string of the molecule is CCC(N)Cc1ccc(OC(CC)CC)c(Cl)c1. The second-order valence-electron chi connectivity index (χ2n) is 4.69. The molecule has 2 N–H and O–H groups in total. The van der Waals surface area contributed by atoms with E-state index in [1.807, 2.05) is 12.1 Å². The Bertz CT molecular complexity index is 364. The summed E-state index contributed by atoms with van der Waals surface area (Å²) < 4.78 is 5.87. The van der Waals surface area contributed by atoms with Crippen LogP contribution in [-0.2, 0) is 6.42 Å². The summed E-state index contributed by atoms with van der Waals surface area (Å²) in [6.07, 6.45) is 4.07. The van der Waals surface area contributed by atoms with Gasteiger partial charge in [-0.3, -0.25) is 0 Å². The lowest BCUT2D eigenvalue weighted by Gasteiger charge is -2.17. The standard InChI is InChI=1S/C15H24ClNO/c1-4-12(17)9-11-7-8-15(14(16)10-11)18-13(5-2)6-3/h7-8,10,12-13H,4-6,9,17H2,1-3H3. The summed E-state index contributed by atoms with van der Waals surface area (Å²) in [4.78, 5) is 0. The van der Waals surface area contributed by atoms with E-state index in [-0.39, 0.29) is 12.1 Å². The van der Waals surface area contributed by atoms with Gasteiger partial charge in [-0.1, -0.05) is 38.4 Å². The van der Waals surface area contributed by atoms with E-state index in [9.17, 15) is 0 Å². The molecule has 0 aliphatic heterocycles. The van der Waals surface area contributed by atoms with Gasteiger partial charge in [0.1, 0.15) is 5.75 Å². The van der Waals surface area contributed by atoms with Crippen LogP contribution in [-0.4, -0.2) is 12.1 Å². The van der Waals surface area contributed by atoms with Gasteiger partial charge in [0.05, 0.1) is 11.1 Å². The maximum atomic E-state index is 6.25. The minimum absolute atomic E-state index is 0.201. The van der Waals surface area contributed by atoms with E-state index in [2.05, 4.69) is 26.8 Å². The molecular formula is C15H24ClNO. The molecule has 0 heterocycles. The second-order valence-corrected chi connectivity index (χ2v) is 5.10. The number of rotatable bonds is 7. The third-order valence-corrected chi connectivity index (χ3v) is 3.52. The lowest BCUT2D eigenvalue weighted by Crippen LogP contribution is -2.21. The molecule has 2 nitrogen and oxygen atoms in total. The van der Waals surface area contributed by atoms with Crippen LogP contribution < -0.4 is 10.5 Å². The van der Waals surface area contributed by atoms with Crippen LogP contribution in [0.1, 0.15) is 45.6 Å². The predicted molar refractivity (Wildman–Crippen MR) is 78.4 cm³/mol. The van der Waals surface area contributed by atoms with Crippen LogP contribution in [0.4, 0.5) is 0 Å². The Kier molecular flexibility index (Phi) is 6.51. The van der Waals surface area contributed by atoms with Gasteiger partial charge in [-0.15, -0.1) is 0 Å². The third-order valence-electron chi connectivity index (χ3n) is 3.22. The Hall–Kier alpha value is -0.730. The first kappa shape index (κ1) is 15.3. The Balaban J connectivity index is 2.73. The molecule has 0 spiro atoms. The number of benzene rings is 1. The summed E-state index contributed by atoms with van der Waals surface area (Å²) in [6, 6.07) is 6.18. The van der Waals surface area contributed by atoms with Crippen molar-refractivity contribution in [3.05, 3.63) is 28.8 Å². The first-order valence-corrected chi connectivity index (χ1v) is 7.19. The fourth-order valence-corrected chi connectivity index (χ4v) is 2.10. The van der Waals surface area contributed by atoms with E-state index >= 15 is 0 Å². The highest BCUT2D eigenvalue weighted by Gasteiger charge is 2.10. The molecule has 0 amide bonds. The van der Waals surface area contributed by atoms with Gasteiger partial charge in [0.2, 0.25) is 0 Å². The van der Waals surface area contributed by atoms with Crippen molar-refractivity contribution in [2.75, 3.05) is 0 Å². The molecule has 1 unspecified atom stereocenters. The Morgan fingerprint density at radius 3 is 2.33 bits per heavy atom. The van der Waals surface area contributed by atoms with Crippen LogP contribution in [0.3, 0.4) is 0 Å². The Labute approximate surface area is 115 Å². The molecule has 18 heavy (non-hydrogen) atoms. The van der Waals surface area contributed by atoms with E-state index in [0.29, 0.717) is 5.02 Å². The van der Waals surface area contributed by atoms with Crippen molar-refractivity contribution < 1.29 is 4.74 Å². The molecule has 1 rings (SSSR count). The monoisotopic (exact) mass is 269 g/mol. The van der Waals surface area contributed by atoms with Crippen molar-refractivity contribution >= 4 is 11.6 Å². The molecule has 102 valence electrons. The molecule has 0 aliphatic carbocycles. The predicted octanol–water partition coefficient (Wildman–Crippen LogP) is 4.19. The van der Waals surface area contributed by atoms with Gasteiger partial charge in [-0.2, -0.15) is 0 Å². The third kappa shape index (κ3) is 4.51. The van der Waals surface area contributed by atoms with Gasteiger partial charge >= 0.3 is 0 Å². The number of hydrogen-bond donors (Lipinski definition) is 1. The average Bonchev–Trinajstić information content (AvgIpc) is 2.38. The zero-order valence-electron chi connectivity index (χ0n) is 11.6. The van der Waals surface area contributed by atoms with Gasteiger partial charge in [-0.05, 0) is 43.4 Å². The summed E-state index contributed by atoms with van der Waals surface area (Å²) >= 11 is 6.25. The Morgan fingerprint density at radius 2 is 1.83 bits per heavy atom. The van der Waals surface area contributed by atoms with Crippen LogP contribution >= 0.6 is 11.6 Å². The number of hydrogen-bond acceptors (Lipinski definition) is 2. The van der Waals surface area contributed by atoms with E-state index < -0.39 is 0 Å². The molecule has 0 bridgehead atoms. The fourth-order valence-electron chi connectivity index (χ4n) is 1.85. The Morgan fingerprint density at radius 1 is 1.17 bits per heavy atom. The highest BCUT2D eigenvalue weighted by atomic mass is 35.5. The minimum atomic E-state index is 0.201. The maximum absolute atomic E-state index is 6.25. The summed E-state index contributed by atoms with van der Waals surface area (Å²) in [7, 11) is 0. The first-order valence-electron chi connectivity index (χ1n) is 6.81. The second kappa shape index (κ2) is 7.65. The van der Waals surface area contributed by atoms with E-state index in [1.165, 1.54) is 5.56 Å². The van der Waals surface area contributed by atoms with Gasteiger partial charge < -0.3 is 10.5 Å². The summed E-state index contributed by atoms with van der Waals surface area (Å²) in [5.41, 5.74) is 7.12. The first-order chi connectivity index (χ1) is 8.60. The largest absolute Gasteiger partial charge is 0.489 e. The molecule has 0 saturated heterocycles. The summed E-state index contributed by atoms with van der Waals surface area (Å²) in [5, 5.41) is 0.683. The lowest BCUT2D eigenvalue weighted by atomic mass is 10.0. The van der Waals surface area contributed by atoms with Gasteiger partial charge in [0.25, 0.3) is 0 Å². The number of ether oxygens (including phenoxy) is 1. The van der Waals surface area contributed by atoms with Gasteiger partial charge in [0.15, 0.2) is 0 Å². The van der Waals surface area contributed by atoms with Crippen molar-refractivity contribution in [3.63, 3.8) is 0 Å². The quantitative estimate of drug-likeness (QED) is 0.806. The van der Waals surface area contributed by atoms with Crippen LogP contribution in [0.15, 0.2) is 18.2 Å². The average molecular weight is 270 g/mol. The van der Waals surface area contributed by atoms with Crippen LogP contribution in [0.5, 0.6) is 5.75 Å². The van der Waals surface area contributed by atoms with E-state index in [4.69, 9.17) is 22.1 Å². The molecule has 0 saturated carbocycles. The molecule has 1 aromatic carbocycles. The summed E-state index contributed by atoms with van der Waals surface area (Å²) in [6.45, 7) is 6.34. The molecule has 1 atom stereocenters. The highest BCUT2D eigenvalue weighted by Crippen LogP contribution is 2.27. The van der Waals surface area contributed by atoms with Gasteiger partial charge in [-0.25, -0.2) is 0 Å². The lowest BCUT2D eigenvalue weighted by molar-refractivity contribution is 0.193. The van der Waals surface area contributed by atoms with Crippen molar-refractivity contribution in [3.8, 4) is 5.75 Å². The fraction of sp³-hybridized carbons (Fsp3) is 0.600. The van der Waals surface area contributed by atoms with Crippen molar-refractivity contribution in [1.82, 2.24) is 0 Å². The van der Waals surface area contributed by atoms with Crippen LogP contribution in [0, 0.1) is 0 Å². The molecule has 0 fully saturated rings. The summed E-state index contributed by atoms with van der Waals surface area (Å²) in [5.74, 6) is 0.777. The number of nitrogens with two attached hydrogens (primary N) is 1. The zero-order chi connectivity index (χ0) is 13.5. The smallest absolute Gasteiger partial charge is 0.138 e. The zero-order valence-corrected chi connectivity index (χ0v) is 12.3. The van der Waals surface area contributed by atoms with Crippen LogP contribution in [0.25, 0.3) is 0 Å². The van der Waals surface area contributed by atoms with Crippen molar-refractivity contribution in [2.45, 2.75) is 58.6 Å². The van der Waals surface area contributed by atoms with E-state index in [0.717, 1.165) is 31.4 Å². The topological polar surface area (TPSA) is 35.2 Å². The molecule has 1 aromatic rings. The molecule has 0 aliphatic rings. The molecular weight excluding hydrogens is 246 g/mol. The maximum Gasteiger partial charge on any atom is 0.138 e. The van der Waals surface area contributed by atoms with Gasteiger partial charge in [0, 0.05) is 6.04 Å². The van der Waals surface area contributed by atoms with Crippen molar-refractivity contribution in [2.24, 2.45) is 5.73 Å². The minimum Gasteiger partial charge on any atom is -0.489 e. The normalized spacial score (nSPS) is 12.8. The molecule has 3 heteroatoms.